The fourth-order valence-electron chi connectivity index (χ4n) is 3.53. The zero-order valence-corrected chi connectivity index (χ0v) is 16.6. The van der Waals surface area contributed by atoms with Crippen molar-refractivity contribution >= 4 is 17.0 Å². The molecule has 0 atom stereocenters. The first-order valence-corrected chi connectivity index (χ1v) is 9.94. The number of nitrogens with one attached hydrogen (secondary N) is 2. The second-order valence-electron chi connectivity index (χ2n) is 7.23. The van der Waals surface area contributed by atoms with Gasteiger partial charge in [-0.15, -0.1) is 0 Å². The van der Waals surface area contributed by atoms with Crippen LogP contribution in [0.15, 0.2) is 53.3 Å². The maximum absolute atomic E-state index is 12.1. The number of aryl methyl sites for hydroxylation is 1. The molecule has 0 spiro atoms. The summed E-state index contributed by atoms with van der Waals surface area (Å²) in [7, 11) is 0. The molecule has 0 saturated heterocycles. The van der Waals surface area contributed by atoms with Crippen molar-refractivity contribution in [2.75, 3.05) is 0 Å². The second kappa shape index (κ2) is 8.32. The van der Waals surface area contributed by atoms with Crippen molar-refractivity contribution in [3.05, 3.63) is 81.5 Å². The first-order valence-electron chi connectivity index (χ1n) is 9.94. The summed E-state index contributed by atoms with van der Waals surface area (Å²) in [4.78, 5) is 31.3. The highest BCUT2D eigenvalue weighted by atomic mass is 16.4. The molecule has 152 valence electrons. The Morgan fingerprint density at radius 2 is 1.87 bits per heavy atom. The van der Waals surface area contributed by atoms with E-state index in [0.717, 1.165) is 36.2 Å². The van der Waals surface area contributed by atoms with Gasteiger partial charge in [-0.1, -0.05) is 55.8 Å². The van der Waals surface area contributed by atoms with Crippen LogP contribution in [-0.4, -0.2) is 31.2 Å². The monoisotopic (exact) mass is 402 g/mol. The molecule has 0 aliphatic carbocycles. The zero-order valence-electron chi connectivity index (χ0n) is 16.6. The number of rotatable bonds is 7. The number of carboxylic acid groups (broad SMARTS) is 1. The second-order valence-corrected chi connectivity index (χ2v) is 7.23. The summed E-state index contributed by atoms with van der Waals surface area (Å²) in [6.45, 7) is 2.11. The van der Waals surface area contributed by atoms with Crippen LogP contribution in [0.2, 0.25) is 0 Å². The largest absolute Gasteiger partial charge is 0.478 e. The van der Waals surface area contributed by atoms with E-state index in [1.54, 1.807) is 18.2 Å². The third-order valence-electron chi connectivity index (χ3n) is 5.11. The Kier molecular flexibility index (Phi) is 5.43. The molecule has 0 aliphatic heterocycles. The topological polar surface area (TPSA) is 112 Å². The molecule has 0 saturated carbocycles. The summed E-state index contributed by atoms with van der Waals surface area (Å²) in [6.07, 6.45) is 3.35. The normalized spacial score (nSPS) is 11.1. The van der Waals surface area contributed by atoms with E-state index in [2.05, 4.69) is 27.1 Å². The number of fused-ring (bicyclic) bond motifs is 1. The molecule has 0 fully saturated rings. The number of nitrogens with zero attached hydrogens (tertiary/aromatic N) is 2. The van der Waals surface area contributed by atoms with E-state index in [1.165, 1.54) is 0 Å². The molecule has 2 aromatic heterocycles. The van der Waals surface area contributed by atoms with E-state index in [1.807, 2.05) is 30.3 Å². The smallest absolute Gasteiger partial charge is 0.336 e. The molecule has 2 aromatic carbocycles. The van der Waals surface area contributed by atoms with Crippen molar-refractivity contribution in [2.24, 2.45) is 0 Å². The molecule has 2 heterocycles. The molecule has 0 amide bonds. The van der Waals surface area contributed by atoms with Crippen molar-refractivity contribution < 1.29 is 9.90 Å². The van der Waals surface area contributed by atoms with Gasteiger partial charge in [-0.3, -0.25) is 4.79 Å². The quantitative estimate of drug-likeness (QED) is 0.433. The van der Waals surface area contributed by atoms with Gasteiger partial charge in [-0.2, -0.15) is 5.10 Å². The van der Waals surface area contributed by atoms with Crippen LogP contribution in [0.1, 0.15) is 47.2 Å². The summed E-state index contributed by atoms with van der Waals surface area (Å²) < 4.78 is 0. The molecule has 4 aromatic rings. The molecule has 7 nitrogen and oxygen atoms in total. The average Bonchev–Trinajstić information content (AvgIpc) is 3.20. The minimum atomic E-state index is -0.952. The first kappa shape index (κ1) is 19.6. The molecule has 3 N–H and O–H groups in total. The lowest BCUT2D eigenvalue weighted by Gasteiger charge is -2.07. The molecular formula is C23H22N4O3. The number of hydrogen-bond acceptors (Lipinski definition) is 4. The van der Waals surface area contributed by atoms with Gasteiger partial charge in [-0.25, -0.2) is 14.9 Å². The SMILES string of the molecule is CCCCc1nc2c(Cc3ccc(-c4ccccc4C(=O)O)cc3)n[nH]c(=O)c2[nH]1. The Balaban J connectivity index is 1.63. The number of imidazole rings is 1. The average molecular weight is 402 g/mol. The molecule has 0 bridgehead atoms. The van der Waals surface area contributed by atoms with Gasteiger partial charge < -0.3 is 10.1 Å². The van der Waals surface area contributed by atoms with Crippen molar-refractivity contribution in [1.82, 2.24) is 20.2 Å². The van der Waals surface area contributed by atoms with E-state index >= 15 is 0 Å². The number of benzene rings is 2. The Morgan fingerprint density at radius 3 is 2.60 bits per heavy atom. The van der Waals surface area contributed by atoms with E-state index in [0.29, 0.717) is 28.7 Å². The van der Waals surface area contributed by atoms with Crippen molar-refractivity contribution in [3.8, 4) is 11.1 Å². The van der Waals surface area contributed by atoms with Gasteiger partial charge in [-0.05, 0) is 29.2 Å². The lowest BCUT2D eigenvalue weighted by Crippen LogP contribution is -2.11. The number of unbranched alkanes of at least 4 members (excludes halogenated alkanes) is 1. The van der Waals surface area contributed by atoms with Gasteiger partial charge >= 0.3 is 5.97 Å². The fourth-order valence-corrected chi connectivity index (χ4v) is 3.53. The maximum Gasteiger partial charge on any atom is 0.336 e. The predicted octanol–water partition coefficient (Wildman–Crippen LogP) is 3.94. The summed E-state index contributed by atoms with van der Waals surface area (Å²) >= 11 is 0. The maximum atomic E-state index is 12.1. The number of aromatic carboxylic acids is 1. The predicted molar refractivity (Wildman–Crippen MR) is 115 cm³/mol. The zero-order chi connectivity index (χ0) is 21.1. The number of H-pyrrole nitrogens is 2. The van der Waals surface area contributed by atoms with Gasteiger partial charge in [0, 0.05) is 12.8 Å². The molecule has 0 radical (unpaired) electrons. The number of aromatic nitrogens is 4. The Morgan fingerprint density at radius 1 is 1.10 bits per heavy atom. The van der Waals surface area contributed by atoms with Crippen LogP contribution in [0.5, 0.6) is 0 Å². The molecule has 7 heteroatoms. The van der Waals surface area contributed by atoms with E-state index in [4.69, 9.17) is 0 Å². The Hall–Kier alpha value is -3.74. The van der Waals surface area contributed by atoms with Crippen LogP contribution in [0.3, 0.4) is 0 Å². The van der Waals surface area contributed by atoms with Crippen LogP contribution in [0.4, 0.5) is 0 Å². The molecule has 0 aliphatic rings. The Bertz CT molecular complexity index is 1260. The van der Waals surface area contributed by atoms with E-state index in [-0.39, 0.29) is 11.1 Å². The van der Waals surface area contributed by atoms with Gasteiger partial charge in [0.2, 0.25) is 0 Å². The standard InChI is InChI=1S/C23H22N4O3/c1-2-3-8-19-24-20-18(26-27-22(28)21(20)25-19)13-14-9-11-15(12-10-14)16-6-4-5-7-17(16)23(29)30/h4-7,9-12H,2-3,8,13H2,1H3,(H,24,25)(H,27,28)(H,29,30). The summed E-state index contributed by atoms with van der Waals surface area (Å²) in [5.74, 6) is -0.154. The number of carboxylic acids is 1. The van der Waals surface area contributed by atoms with Gasteiger partial charge in [0.15, 0.2) is 0 Å². The highest BCUT2D eigenvalue weighted by Gasteiger charge is 2.14. The van der Waals surface area contributed by atoms with Crippen LogP contribution < -0.4 is 5.56 Å². The summed E-state index contributed by atoms with van der Waals surface area (Å²) in [6, 6.07) is 14.6. The van der Waals surface area contributed by atoms with Crippen LogP contribution in [0, 0.1) is 0 Å². The lowest BCUT2D eigenvalue weighted by molar-refractivity contribution is 0.0697. The van der Waals surface area contributed by atoms with Gasteiger partial charge in [0.1, 0.15) is 16.9 Å². The van der Waals surface area contributed by atoms with Gasteiger partial charge in [0.25, 0.3) is 5.56 Å². The van der Waals surface area contributed by atoms with Crippen LogP contribution in [0.25, 0.3) is 22.2 Å². The van der Waals surface area contributed by atoms with E-state index in [9.17, 15) is 14.7 Å². The summed E-state index contributed by atoms with van der Waals surface area (Å²) in [5.41, 5.74) is 4.25. The van der Waals surface area contributed by atoms with Crippen molar-refractivity contribution in [3.63, 3.8) is 0 Å². The lowest BCUT2D eigenvalue weighted by atomic mass is 9.98. The first-order chi connectivity index (χ1) is 14.6. The molecular weight excluding hydrogens is 380 g/mol. The van der Waals surface area contributed by atoms with E-state index < -0.39 is 5.97 Å². The number of carbonyl (C=O) groups is 1. The minimum Gasteiger partial charge on any atom is -0.478 e. The third-order valence-corrected chi connectivity index (χ3v) is 5.11. The highest BCUT2D eigenvalue weighted by molar-refractivity contribution is 5.96. The van der Waals surface area contributed by atoms with Crippen molar-refractivity contribution in [1.29, 1.82) is 0 Å². The third kappa shape index (κ3) is 3.87. The number of aromatic amines is 2. The Labute approximate surface area is 172 Å². The minimum absolute atomic E-state index is 0.269. The molecule has 0 unspecified atom stereocenters. The van der Waals surface area contributed by atoms with Gasteiger partial charge in [0.05, 0.1) is 11.3 Å². The van der Waals surface area contributed by atoms with Crippen LogP contribution in [-0.2, 0) is 12.8 Å². The highest BCUT2D eigenvalue weighted by Crippen LogP contribution is 2.25. The van der Waals surface area contributed by atoms with Crippen molar-refractivity contribution in [2.45, 2.75) is 32.6 Å². The van der Waals surface area contributed by atoms with Crippen LogP contribution >= 0.6 is 0 Å². The molecule has 30 heavy (non-hydrogen) atoms. The fraction of sp³-hybridized carbons (Fsp3) is 0.217. The number of hydrogen-bond donors (Lipinski definition) is 3. The molecule has 4 rings (SSSR count). The summed E-state index contributed by atoms with van der Waals surface area (Å²) in [5, 5.41) is 16.2.